The number of aryl methyl sites for hydroxylation is 3. The Kier molecular flexibility index (Phi) is 3.94. The highest BCUT2D eigenvalue weighted by molar-refractivity contribution is 5.88. The van der Waals surface area contributed by atoms with Gasteiger partial charge in [0, 0.05) is 24.8 Å². The number of aromatic nitrogens is 2. The van der Waals surface area contributed by atoms with Crippen LogP contribution < -0.4 is 5.32 Å². The van der Waals surface area contributed by atoms with E-state index in [1.54, 1.807) is 13.0 Å². The third kappa shape index (κ3) is 2.75. The van der Waals surface area contributed by atoms with Crippen molar-refractivity contribution < 1.29 is 14.3 Å². The number of rotatable bonds is 5. The van der Waals surface area contributed by atoms with Gasteiger partial charge in [-0.1, -0.05) is 0 Å². The molecule has 2 heterocycles. The van der Waals surface area contributed by atoms with Crippen molar-refractivity contribution in [1.82, 2.24) is 15.1 Å². The van der Waals surface area contributed by atoms with E-state index in [0.29, 0.717) is 24.6 Å². The number of nitrogens with zero attached hydrogens (tertiary/aromatic N) is 2. The van der Waals surface area contributed by atoms with Gasteiger partial charge < -0.3 is 14.8 Å². The zero-order chi connectivity index (χ0) is 14.9. The molecule has 6 heteroatoms. The molecule has 0 aromatic carbocycles. The lowest BCUT2D eigenvalue weighted by Gasteiger charge is -2.03. The largest absolute Gasteiger partial charge is 0.478 e. The number of aromatic carboxylic acids is 1. The van der Waals surface area contributed by atoms with Crippen LogP contribution in [0.2, 0.25) is 0 Å². The molecule has 0 aliphatic rings. The number of furan rings is 1. The van der Waals surface area contributed by atoms with Crippen molar-refractivity contribution in [3.63, 3.8) is 0 Å². The van der Waals surface area contributed by atoms with Crippen molar-refractivity contribution in [1.29, 1.82) is 0 Å². The minimum atomic E-state index is -0.962. The fourth-order valence-electron chi connectivity index (χ4n) is 2.23. The standard InChI is InChI=1S/C14H19N3O3/c1-8-13(9(2)17(4)16-8)7-15-6-11-5-12(14(18)19)10(3)20-11/h5,15H,6-7H2,1-4H3,(H,18,19). The molecule has 0 saturated carbocycles. The predicted octanol–water partition coefficient (Wildman–Crippen LogP) is 1.93. The Balaban J connectivity index is 1.99. The summed E-state index contributed by atoms with van der Waals surface area (Å²) in [6.45, 7) is 6.82. The average molecular weight is 277 g/mol. The maximum absolute atomic E-state index is 10.9. The van der Waals surface area contributed by atoms with Crippen LogP contribution in [0.4, 0.5) is 0 Å². The van der Waals surface area contributed by atoms with E-state index in [9.17, 15) is 4.79 Å². The van der Waals surface area contributed by atoms with Gasteiger partial charge in [0.15, 0.2) is 0 Å². The SMILES string of the molecule is Cc1nn(C)c(C)c1CNCc1cc(C(=O)O)c(C)o1. The first kappa shape index (κ1) is 14.3. The number of carboxylic acids is 1. The predicted molar refractivity (Wildman–Crippen MR) is 73.6 cm³/mol. The number of carbonyl (C=O) groups is 1. The van der Waals surface area contributed by atoms with Crippen molar-refractivity contribution in [3.05, 3.63) is 40.1 Å². The number of hydrogen-bond acceptors (Lipinski definition) is 4. The van der Waals surface area contributed by atoms with Gasteiger partial charge in [-0.25, -0.2) is 4.79 Å². The molecule has 0 radical (unpaired) electrons. The maximum atomic E-state index is 10.9. The summed E-state index contributed by atoms with van der Waals surface area (Å²) < 4.78 is 7.27. The molecule has 2 aromatic heterocycles. The average Bonchev–Trinajstić information content (AvgIpc) is 2.84. The van der Waals surface area contributed by atoms with E-state index in [-0.39, 0.29) is 5.56 Å². The van der Waals surface area contributed by atoms with Crippen LogP contribution in [0.5, 0.6) is 0 Å². The maximum Gasteiger partial charge on any atom is 0.339 e. The summed E-state index contributed by atoms with van der Waals surface area (Å²) in [6, 6.07) is 1.56. The lowest BCUT2D eigenvalue weighted by atomic mass is 10.2. The molecule has 20 heavy (non-hydrogen) atoms. The summed E-state index contributed by atoms with van der Waals surface area (Å²) >= 11 is 0. The summed E-state index contributed by atoms with van der Waals surface area (Å²) in [5.74, 6) is 0.0959. The van der Waals surface area contributed by atoms with E-state index in [4.69, 9.17) is 9.52 Å². The highest BCUT2D eigenvalue weighted by Crippen LogP contribution is 2.15. The van der Waals surface area contributed by atoms with Crippen molar-refractivity contribution in [2.24, 2.45) is 7.05 Å². The lowest BCUT2D eigenvalue weighted by molar-refractivity contribution is 0.0695. The minimum absolute atomic E-state index is 0.218. The molecule has 0 atom stereocenters. The van der Waals surface area contributed by atoms with E-state index in [1.165, 1.54) is 0 Å². The minimum Gasteiger partial charge on any atom is -0.478 e. The van der Waals surface area contributed by atoms with Gasteiger partial charge in [-0.15, -0.1) is 0 Å². The molecule has 0 spiro atoms. The molecule has 108 valence electrons. The first-order valence-electron chi connectivity index (χ1n) is 6.42. The van der Waals surface area contributed by atoms with E-state index in [1.807, 2.05) is 25.6 Å². The van der Waals surface area contributed by atoms with Gasteiger partial charge in [0.2, 0.25) is 0 Å². The van der Waals surface area contributed by atoms with Crippen LogP contribution in [-0.2, 0) is 20.1 Å². The molecule has 0 aliphatic carbocycles. The van der Waals surface area contributed by atoms with E-state index < -0.39 is 5.97 Å². The normalized spacial score (nSPS) is 11.0. The van der Waals surface area contributed by atoms with E-state index >= 15 is 0 Å². The van der Waals surface area contributed by atoms with Crippen LogP contribution in [0.25, 0.3) is 0 Å². The molecule has 6 nitrogen and oxygen atoms in total. The van der Waals surface area contributed by atoms with E-state index in [2.05, 4.69) is 10.4 Å². The molecule has 2 N–H and O–H groups in total. The molecule has 2 rings (SSSR count). The number of hydrogen-bond donors (Lipinski definition) is 2. The third-order valence-corrected chi connectivity index (χ3v) is 3.46. The van der Waals surface area contributed by atoms with Gasteiger partial charge in [-0.2, -0.15) is 5.10 Å². The van der Waals surface area contributed by atoms with Crippen LogP contribution in [0, 0.1) is 20.8 Å². The molecule has 0 fully saturated rings. The van der Waals surface area contributed by atoms with Crippen LogP contribution in [0.3, 0.4) is 0 Å². The summed E-state index contributed by atoms with van der Waals surface area (Å²) in [7, 11) is 1.92. The molecule has 2 aromatic rings. The molecule has 0 amide bonds. The summed E-state index contributed by atoms with van der Waals surface area (Å²) in [5, 5.41) is 16.6. The van der Waals surface area contributed by atoms with Crippen LogP contribution in [0.15, 0.2) is 10.5 Å². The fraction of sp³-hybridized carbons (Fsp3) is 0.429. The summed E-state index contributed by atoms with van der Waals surface area (Å²) in [6.07, 6.45) is 0. The van der Waals surface area contributed by atoms with Gasteiger partial charge in [0.1, 0.15) is 17.1 Å². The number of carboxylic acid groups (broad SMARTS) is 1. The molecule has 0 aliphatic heterocycles. The van der Waals surface area contributed by atoms with Crippen molar-refractivity contribution in [2.45, 2.75) is 33.9 Å². The first-order chi connectivity index (χ1) is 9.40. The Morgan fingerprint density at radius 3 is 2.60 bits per heavy atom. The third-order valence-electron chi connectivity index (χ3n) is 3.46. The van der Waals surface area contributed by atoms with Gasteiger partial charge in [0.25, 0.3) is 0 Å². The highest BCUT2D eigenvalue weighted by Gasteiger charge is 2.14. The second kappa shape index (κ2) is 5.50. The molecule has 0 saturated heterocycles. The topological polar surface area (TPSA) is 80.3 Å². The Hall–Kier alpha value is -2.08. The van der Waals surface area contributed by atoms with Crippen LogP contribution >= 0.6 is 0 Å². The van der Waals surface area contributed by atoms with Crippen molar-refractivity contribution in [3.8, 4) is 0 Å². The quantitative estimate of drug-likeness (QED) is 0.872. The van der Waals surface area contributed by atoms with Crippen LogP contribution in [0.1, 0.15) is 38.8 Å². The molecule has 0 bridgehead atoms. The number of nitrogens with one attached hydrogen (secondary N) is 1. The molecular weight excluding hydrogens is 258 g/mol. The van der Waals surface area contributed by atoms with E-state index in [0.717, 1.165) is 17.0 Å². The Bertz CT molecular complexity index is 640. The highest BCUT2D eigenvalue weighted by atomic mass is 16.4. The second-order valence-electron chi connectivity index (χ2n) is 4.86. The molecular formula is C14H19N3O3. The van der Waals surface area contributed by atoms with Crippen LogP contribution in [-0.4, -0.2) is 20.9 Å². The second-order valence-corrected chi connectivity index (χ2v) is 4.86. The zero-order valence-corrected chi connectivity index (χ0v) is 12.1. The molecule has 0 unspecified atom stereocenters. The summed E-state index contributed by atoms with van der Waals surface area (Å²) in [4.78, 5) is 10.9. The van der Waals surface area contributed by atoms with Gasteiger partial charge in [-0.3, -0.25) is 4.68 Å². The van der Waals surface area contributed by atoms with Gasteiger partial charge >= 0.3 is 5.97 Å². The fourth-order valence-corrected chi connectivity index (χ4v) is 2.23. The van der Waals surface area contributed by atoms with Crippen molar-refractivity contribution in [2.75, 3.05) is 0 Å². The smallest absolute Gasteiger partial charge is 0.339 e. The Labute approximate surface area is 117 Å². The first-order valence-corrected chi connectivity index (χ1v) is 6.42. The zero-order valence-electron chi connectivity index (χ0n) is 12.1. The Morgan fingerprint density at radius 2 is 2.10 bits per heavy atom. The van der Waals surface area contributed by atoms with Gasteiger partial charge in [0.05, 0.1) is 12.2 Å². The Morgan fingerprint density at radius 1 is 1.40 bits per heavy atom. The summed E-state index contributed by atoms with van der Waals surface area (Å²) in [5.41, 5.74) is 3.50. The lowest BCUT2D eigenvalue weighted by Crippen LogP contribution is -2.13. The van der Waals surface area contributed by atoms with Crippen molar-refractivity contribution >= 4 is 5.97 Å². The van der Waals surface area contributed by atoms with Gasteiger partial charge in [-0.05, 0) is 26.8 Å². The monoisotopic (exact) mass is 277 g/mol.